The molecule has 33 heavy (non-hydrogen) atoms. The summed E-state index contributed by atoms with van der Waals surface area (Å²) in [4.78, 5) is 8.05. The van der Waals surface area contributed by atoms with Crippen LogP contribution in [0.1, 0.15) is 42.9 Å². The molecule has 2 aromatic heterocycles. The van der Waals surface area contributed by atoms with Gasteiger partial charge in [-0.05, 0) is 66.1 Å². The third-order valence-electron chi connectivity index (χ3n) is 6.61. The molecular weight excluding hydrogens is 419 g/mol. The fraction of sp³-hybridized carbons (Fsp3) is 0.385. The molecule has 1 aromatic carbocycles. The van der Waals surface area contributed by atoms with Crippen LogP contribution < -0.4 is 11.1 Å². The molecule has 0 bridgehead atoms. The molecule has 0 amide bonds. The van der Waals surface area contributed by atoms with Crippen molar-refractivity contribution in [2.75, 3.05) is 32.1 Å². The highest BCUT2D eigenvalue weighted by atomic mass is 19.1. The van der Waals surface area contributed by atoms with Gasteiger partial charge in [0.15, 0.2) is 0 Å². The van der Waals surface area contributed by atoms with E-state index in [1.165, 1.54) is 23.4 Å². The number of halogens is 1. The van der Waals surface area contributed by atoms with Gasteiger partial charge in [0.05, 0.1) is 18.8 Å². The molecule has 0 radical (unpaired) electrons. The lowest BCUT2D eigenvalue weighted by Crippen LogP contribution is -2.40. The number of morpholine rings is 1. The van der Waals surface area contributed by atoms with Crippen LogP contribution in [0, 0.1) is 5.95 Å². The summed E-state index contributed by atoms with van der Waals surface area (Å²) in [7, 11) is 0. The molecule has 6 nitrogen and oxygen atoms in total. The number of nitrogen functional groups attached to an aromatic ring is 1. The molecule has 0 saturated carbocycles. The number of pyridine rings is 2. The van der Waals surface area contributed by atoms with Crippen molar-refractivity contribution in [1.29, 1.82) is 0 Å². The van der Waals surface area contributed by atoms with Crippen LogP contribution in [0.2, 0.25) is 0 Å². The summed E-state index contributed by atoms with van der Waals surface area (Å²) in [5.41, 5.74) is 12.1. The number of hydrogen-bond acceptors (Lipinski definition) is 6. The largest absolute Gasteiger partial charge is 0.383 e. The van der Waals surface area contributed by atoms with Gasteiger partial charge in [0.25, 0.3) is 0 Å². The summed E-state index contributed by atoms with van der Waals surface area (Å²) in [6, 6.07) is 11.8. The second-order valence-electron chi connectivity index (χ2n) is 8.86. The Labute approximate surface area is 193 Å². The minimum absolute atomic E-state index is 0.134. The normalized spacial score (nSPS) is 21.8. The van der Waals surface area contributed by atoms with E-state index < -0.39 is 5.95 Å². The topological polar surface area (TPSA) is 82.3 Å². The Morgan fingerprint density at radius 2 is 1.85 bits per heavy atom. The number of ether oxygens (including phenoxy) is 2. The van der Waals surface area contributed by atoms with Crippen molar-refractivity contribution in [2.45, 2.75) is 37.8 Å². The molecule has 0 aliphatic carbocycles. The molecule has 172 valence electrons. The number of aromatic nitrogens is 2. The fourth-order valence-electron chi connectivity index (χ4n) is 4.76. The van der Waals surface area contributed by atoms with Gasteiger partial charge in [-0.2, -0.15) is 4.39 Å². The quantitative estimate of drug-likeness (QED) is 0.573. The Kier molecular flexibility index (Phi) is 6.35. The molecule has 2 aliphatic heterocycles. The van der Waals surface area contributed by atoms with Gasteiger partial charge in [-0.3, -0.25) is 0 Å². The predicted octanol–water partition coefficient (Wildman–Crippen LogP) is 4.48. The maximum Gasteiger partial charge on any atom is 0.213 e. The lowest BCUT2D eigenvalue weighted by molar-refractivity contribution is 0.0144. The first kappa shape index (κ1) is 21.9. The summed E-state index contributed by atoms with van der Waals surface area (Å²) in [6.07, 6.45) is 5.47. The van der Waals surface area contributed by atoms with Gasteiger partial charge in [-0.15, -0.1) is 0 Å². The van der Waals surface area contributed by atoms with Crippen molar-refractivity contribution >= 4 is 5.82 Å². The van der Waals surface area contributed by atoms with Gasteiger partial charge in [-0.1, -0.05) is 12.1 Å². The third kappa shape index (κ3) is 4.76. The molecule has 0 unspecified atom stereocenters. The molecule has 0 spiro atoms. The number of benzene rings is 1. The Bertz CT molecular complexity index is 1130. The van der Waals surface area contributed by atoms with Gasteiger partial charge < -0.3 is 20.5 Å². The van der Waals surface area contributed by atoms with Crippen LogP contribution in [0.4, 0.5) is 10.2 Å². The van der Waals surface area contributed by atoms with Crippen molar-refractivity contribution in [3.63, 3.8) is 0 Å². The second-order valence-corrected chi connectivity index (χ2v) is 8.86. The van der Waals surface area contributed by atoms with Crippen LogP contribution >= 0.6 is 0 Å². The van der Waals surface area contributed by atoms with Crippen LogP contribution in [0.15, 0.2) is 48.8 Å². The van der Waals surface area contributed by atoms with Gasteiger partial charge >= 0.3 is 0 Å². The Morgan fingerprint density at radius 3 is 2.61 bits per heavy atom. The monoisotopic (exact) mass is 448 g/mol. The van der Waals surface area contributed by atoms with E-state index in [1.54, 1.807) is 12.3 Å². The number of nitrogens with zero attached hydrogens (tertiary/aromatic N) is 2. The van der Waals surface area contributed by atoms with E-state index in [0.29, 0.717) is 29.5 Å². The molecule has 3 N–H and O–H groups in total. The maximum atomic E-state index is 13.7. The number of nitrogens with one attached hydrogen (secondary N) is 1. The van der Waals surface area contributed by atoms with Gasteiger partial charge in [0.1, 0.15) is 5.82 Å². The summed E-state index contributed by atoms with van der Waals surface area (Å²) >= 11 is 0. The van der Waals surface area contributed by atoms with Crippen molar-refractivity contribution < 1.29 is 13.9 Å². The van der Waals surface area contributed by atoms with E-state index in [-0.39, 0.29) is 12.1 Å². The molecule has 2 atom stereocenters. The predicted molar refractivity (Wildman–Crippen MR) is 126 cm³/mol. The Hall–Kier alpha value is -2.87. The molecule has 5 rings (SSSR count). The highest BCUT2D eigenvalue weighted by molar-refractivity contribution is 5.79. The fourth-order valence-corrected chi connectivity index (χ4v) is 4.76. The van der Waals surface area contributed by atoms with Crippen LogP contribution in [-0.2, 0) is 9.47 Å². The zero-order valence-electron chi connectivity index (χ0n) is 18.8. The first-order valence-electron chi connectivity index (χ1n) is 11.5. The summed E-state index contributed by atoms with van der Waals surface area (Å²) < 4.78 is 25.3. The van der Waals surface area contributed by atoms with E-state index in [0.717, 1.165) is 43.7 Å². The van der Waals surface area contributed by atoms with Crippen molar-refractivity contribution in [3.8, 4) is 22.3 Å². The highest BCUT2D eigenvalue weighted by Crippen LogP contribution is 2.37. The van der Waals surface area contributed by atoms with Crippen LogP contribution in [-0.4, -0.2) is 42.4 Å². The summed E-state index contributed by atoms with van der Waals surface area (Å²) in [5.74, 6) is 0.293. The molecular formula is C26H29FN4O2. The maximum absolute atomic E-state index is 13.7. The molecule has 2 aliphatic rings. The molecule has 2 saturated heterocycles. The number of rotatable bonds is 4. The van der Waals surface area contributed by atoms with Crippen LogP contribution in [0.5, 0.6) is 0 Å². The second kappa shape index (κ2) is 9.55. The SMILES string of the molecule is C[C@@H]1CN[C@@H](c2cc(-c3cnc(N)c(-c4ccnc(F)c4)c3)ccc2C2CCOCC2)CO1. The number of anilines is 1. The van der Waals surface area contributed by atoms with Crippen molar-refractivity contribution in [2.24, 2.45) is 0 Å². The van der Waals surface area contributed by atoms with Gasteiger partial charge in [0, 0.05) is 49.3 Å². The standard InChI is InChI=1S/C26H29FN4O2/c1-16-13-30-24(15-33-16)23-10-18(2-3-21(23)17-5-8-32-9-6-17)20-11-22(26(28)31-14-20)19-4-7-29-25(27)12-19/h2-4,7,10-12,14,16-17,24,30H,5-6,8-9,13,15H2,1H3,(H2,28,31)/t16-,24-/m1/s1. The minimum atomic E-state index is -0.544. The highest BCUT2D eigenvalue weighted by Gasteiger charge is 2.26. The molecule has 7 heteroatoms. The average molecular weight is 449 g/mol. The van der Waals surface area contributed by atoms with E-state index >= 15 is 0 Å². The van der Waals surface area contributed by atoms with Crippen molar-refractivity contribution in [1.82, 2.24) is 15.3 Å². The molecule has 3 aromatic rings. The van der Waals surface area contributed by atoms with Crippen LogP contribution in [0.25, 0.3) is 22.3 Å². The zero-order valence-corrected chi connectivity index (χ0v) is 18.8. The number of hydrogen-bond donors (Lipinski definition) is 2. The smallest absolute Gasteiger partial charge is 0.213 e. The average Bonchev–Trinajstić information content (AvgIpc) is 2.85. The third-order valence-corrected chi connectivity index (χ3v) is 6.61. The molecule has 2 fully saturated rings. The summed E-state index contributed by atoms with van der Waals surface area (Å²) in [5, 5.41) is 3.66. The molecule has 4 heterocycles. The lowest BCUT2D eigenvalue weighted by Gasteiger charge is -2.33. The minimum Gasteiger partial charge on any atom is -0.383 e. The van der Waals surface area contributed by atoms with E-state index in [4.69, 9.17) is 15.2 Å². The Balaban J connectivity index is 1.54. The van der Waals surface area contributed by atoms with Crippen LogP contribution in [0.3, 0.4) is 0 Å². The van der Waals surface area contributed by atoms with Crippen molar-refractivity contribution in [3.05, 3.63) is 65.9 Å². The van der Waals surface area contributed by atoms with Gasteiger partial charge in [0.2, 0.25) is 5.95 Å². The number of nitrogens with two attached hydrogens (primary N) is 1. The summed E-state index contributed by atoms with van der Waals surface area (Å²) in [6.45, 7) is 5.14. The Morgan fingerprint density at radius 1 is 1.00 bits per heavy atom. The van der Waals surface area contributed by atoms with E-state index in [9.17, 15) is 4.39 Å². The van der Waals surface area contributed by atoms with E-state index in [1.807, 2.05) is 6.07 Å². The van der Waals surface area contributed by atoms with E-state index in [2.05, 4.69) is 40.4 Å². The lowest BCUT2D eigenvalue weighted by atomic mass is 9.84. The first-order chi connectivity index (χ1) is 16.1. The zero-order chi connectivity index (χ0) is 22.8. The van der Waals surface area contributed by atoms with Gasteiger partial charge in [-0.25, -0.2) is 9.97 Å². The first-order valence-corrected chi connectivity index (χ1v) is 11.5.